The van der Waals surface area contributed by atoms with Gasteiger partial charge in [-0.1, -0.05) is 0 Å². The van der Waals surface area contributed by atoms with Crippen molar-refractivity contribution in [1.82, 2.24) is 34.1 Å². The third-order valence-electron chi connectivity index (χ3n) is 8.63. The lowest BCUT2D eigenvalue weighted by atomic mass is 10.1. The van der Waals surface area contributed by atoms with Gasteiger partial charge in [-0.05, 0) is 31.0 Å². The first-order valence-electron chi connectivity index (χ1n) is 15.6. The van der Waals surface area contributed by atoms with Crippen LogP contribution in [0.25, 0.3) is 33.4 Å². The highest BCUT2D eigenvalue weighted by atomic mass is 31.3. The molecule has 5 aromatic rings. The number of aliphatic hydroxyl groups is 5. The number of ether oxygens (including phenoxy) is 1. The van der Waals surface area contributed by atoms with Gasteiger partial charge in [0.2, 0.25) is 0 Å². The molecule has 1 aliphatic heterocycles. The number of rotatable bonds is 13. The number of nitrogens with one attached hydrogen (secondary N) is 2. The maximum atomic E-state index is 13.1. The molecule has 1 fully saturated rings. The van der Waals surface area contributed by atoms with E-state index in [4.69, 9.17) is 10.5 Å². The van der Waals surface area contributed by atoms with E-state index in [1.807, 2.05) is 4.98 Å². The van der Waals surface area contributed by atoms with Gasteiger partial charge < -0.3 is 59.4 Å². The molecule has 9 N–H and O–H groups in total. The van der Waals surface area contributed by atoms with Crippen LogP contribution in [0.15, 0.2) is 34.4 Å². The highest BCUT2D eigenvalue weighted by Gasteiger charge is 2.45. The van der Waals surface area contributed by atoms with Gasteiger partial charge in [0.25, 0.3) is 21.2 Å². The van der Waals surface area contributed by atoms with Gasteiger partial charge in [0.15, 0.2) is 23.3 Å². The second kappa shape index (κ2) is 14.7. The van der Waals surface area contributed by atoms with Crippen molar-refractivity contribution >= 4 is 54.8 Å². The number of phosphoric ester groups is 2. The minimum absolute atomic E-state index is 0.00826. The predicted molar refractivity (Wildman–Crippen MR) is 175 cm³/mol. The molecule has 54 heavy (non-hydrogen) atoms. The average molecular weight is 801 g/mol. The number of phosphoric acid groups is 2. The zero-order valence-electron chi connectivity index (χ0n) is 27.9. The minimum Gasteiger partial charge on any atom is -0.756 e. The van der Waals surface area contributed by atoms with Crippen LogP contribution in [0.5, 0.6) is 0 Å². The molecule has 9 atom stereocenters. The number of nitrogens with zero attached hydrogens (tertiary/aromatic N) is 6. The Balaban J connectivity index is 1.09. The molecule has 0 amide bonds. The zero-order chi connectivity index (χ0) is 39.4. The van der Waals surface area contributed by atoms with E-state index in [1.165, 1.54) is 23.0 Å². The SMILES string of the molecule is Cc1cc2c(cc1C)[n+](=O)c1c(=O)[nH]c(=O)[nH]c1n2C[C@H](O)[C@H](O)[C@H](O)COP(=O)([O-])OP(=O)([O-])OC[C@H]1O[C@@H](n2cnc3c(N)ncnc32)[C@H](O)[C@@H]1O. The molecule has 5 heterocycles. The van der Waals surface area contributed by atoms with E-state index in [0.29, 0.717) is 11.1 Å². The molecular formula is C27H32N9O16P2-. The molecule has 0 aliphatic carbocycles. The molecule has 4 aromatic heterocycles. The fraction of sp³-hybridized carbons (Fsp3) is 0.444. The van der Waals surface area contributed by atoms with E-state index in [1.54, 1.807) is 13.8 Å². The van der Waals surface area contributed by atoms with Gasteiger partial charge in [-0.25, -0.2) is 24.1 Å². The van der Waals surface area contributed by atoms with Crippen LogP contribution in [0.1, 0.15) is 17.4 Å². The first kappa shape index (κ1) is 39.4. The summed E-state index contributed by atoms with van der Waals surface area (Å²) >= 11 is 0. The van der Waals surface area contributed by atoms with Crippen LogP contribution in [0.3, 0.4) is 0 Å². The maximum absolute atomic E-state index is 13.1. The number of aliphatic hydroxyl groups excluding tert-OH is 5. The number of aromatic amines is 2. The van der Waals surface area contributed by atoms with E-state index in [-0.39, 0.29) is 38.1 Å². The normalized spacial score (nSPS) is 23.1. The summed E-state index contributed by atoms with van der Waals surface area (Å²) in [6, 6.07) is 2.96. The second-order valence-corrected chi connectivity index (χ2v) is 15.2. The Bertz CT molecular complexity index is 2520. The van der Waals surface area contributed by atoms with Gasteiger partial charge in [0.05, 0.1) is 30.5 Å². The van der Waals surface area contributed by atoms with Crippen molar-refractivity contribution < 1.29 is 67.0 Å². The van der Waals surface area contributed by atoms with E-state index in [2.05, 4.69) is 33.3 Å². The smallest absolute Gasteiger partial charge is 0.368 e. The van der Waals surface area contributed by atoms with Crippen molar-refractivity contribution in [2.45, 2.75) is 63.2 Å². The Morgan fingerprint density at radius 3 is 2.43 bits per heavy atom. The topological polar surface area (TPSA) is 382 Å². The number of benzene rings is 1. The maximum Gasteiger partial charge on any atom is 0.368 e. The summed E-state index contributed by atoms with van der Waals surface area (Å²) in [4.78, 5) is 78.6. The van der Waals surface area contributed by atoms with E-state index >= 15 is 0 Å². The van der Waals surface area contributed by atoms with E-state index < -0.39 is 95.0 Å². The summed E-state index contributed by atoms with van der Waals surface area (Å²) in [5.41, 5.74) is 4.38. The number of fused-ring (bicyclic) bond motifs is 3. The molecule has 1 aliphatic rings. The fourth-order valence-corrected chi connectivity index (χ4v) is 7.77. The number of nitrogen functional groups attached to an aromatic ring is 1. The van der Waals surface area contributed by atoms with Crippen LogP contribution >= 0.6 is 15.6 Å². The third-order valence-corrected chi connectivity index (χ3v) is 11.2. The Kier molecular flexibility index (Phi) is 10.7. The molecular weight excluding hydrogens is 768 g/mol. The Labute approximate surface area is 299 Å². The van der Waals surface area contributed by atoms with Crippen LogP contribution in [0, 0.1) is 18.8 Å². The van der Waals surface area contributed by atoms with Crippen LogP contribution < -0.4 is 31.2 Å². The number of hydrogen-bond acceptors (Lipinski definition) is 20. The molecule has 2 unspecified atom stereocenters. The van der Waals surface area contributed by atoms with Crippen molar-refractivity contribution in [2.24, 2.45) is 0 Å². The lowest BCUT2D eigenvalue weighted by molar-refractivity contribution is -0.434. The van der Waals surface area contributed by atoms with Gasteiger partial charge in [-0.3, -0.25) is 28.5 Å². The average Bonchev–Trinajstić information content (AvgIpc) is 3.65. The summed E-state index contributed by atoms with van der Waals surface area (Å²) in [5, 5.41) is 52.9. The highest BCUT2D eigenvalue weighted by molar-refractivity contribution is 7.59. The van der Waals surface area contributed by atoms with E-state index in [9.17, 15) is 58.9 Å². The highest BCUT2D eigenvalue weighted by Crippen LogP contribution is 2.56. The third kappa shape index (κ3) is 7.63. The Morgan fingerprint density at radius 2 is 1.70 bits per heavy atom. The molecule has 0 saturated carbocycles. The number of H-pyrrole nitrogens is 2. The monoisotopic (exact) mass is 800 g/mol. The first-order valence-corrected chi connectivity index (χ1v) is 18.5. The van der Waals surface area contributed by atoms with Crippen LogP contribution in [0.2, 0.25) is 0 Å². The quantitative estimate of drug-likeness (QED) is 0.0318. The van der Waals surface area contributed by atoms with Crippen molar-refractivity contribution in [3.05, 3.63) is 61.7 Å². The summed E-state index contributed by atoms with van der Waals surface area (Å²) in [5.74, 6) is 0.00826. The van der Waals surface area contributed by atoms with Gasteiger partial charge in [0.1, 0.15) is 54.0 Å². The molecule has 27 heteroatoms. The number of aryl methyl sites for hydroxylation is 2. The van der Waals surface area contributed by atoms with Gasteiger partial charge in [-0.15, -0.1) is 0 Å². The van der Waals surface area contributed by atoms with Crippen molar-refractivity contribution in [3.8, 4) is 0 Å². The Morgan fingerprint density at radius 1 is 1.02 bits per heavy atom. The van der Waals surface area contributed by atoms with Crippen LogP contribution in [0.4, 0.5) is 5.82 Å². The number of hydrogen-bond donors (Lipinski definition) is 8. The minimum atomic E-state index is -5.88. The number of nitrogens with two attached hydrogens (primary N) is 1. The summed E-state index contributed by atoms with van der Waals surface area (Å²) in [7, 11) is -11.7. The van der Waals surface area contributed by atoms with Crippen molar-refractivity contribution in [3.63, 3.8) is 0 Å². The molecule has 1 saturated heterocycles. The molecule has 25 nitrogen and oxygen atoms in total. The van der Waals surface area contributed by atoms with Crippen LogP contribution in [-0.4, -0.2) is 109 Å². The van der Waals surface area contributed by atoms with Gasteiger partial charge in [-0.2, -0.15) is 0 Å². The molecule has 6 rings (SSSR count). The van der Waals surface area contributed by atoms with E-state index in [0.717, 1.165) is 10.9 Å². The van der Waals surface area contributed by atoms with Crippen LogP contribution in [-0.2, 0) is 33.8 Å². The molecule has 0 radical (unpaired) electrons. The standard InChI is InChI=1S/C27H33N9O16P2/c1-10-3-12-13(4-11(10)2)36(44)18-24(32-27(43)33-25(18)42)34(12)5-14(37)19(39)15(38)6-49-53(45,46)52-54(47,48)50-7-16-20(40)21(41)26(51-16)35-9-31-17-22(28)29-8-30-23(17)35/h3-4,8-9,14-16,19-21,26,37-41H,5-7H2,1-2H3,(H5-,28,29,30,32,33,42,43,44,45,46,47,48)/p-1/t14-,15+,16+,19-,20+,21+,26+/m0/s1. The first-order chi connectivity index (χ1) is 25.3. The number of anilines is 1. The molecule has 0 spiro atoms. The second-order valence-electron chi connectivity index (χ2n) is 12.3. The summed E-state index contributed by atoms with van der Waals surface area (Å²) in [6.45, 7) is 0.284. The van der Waals surface area contributed by atoms with Gasteiger partial charge >= 0.3 is 16.8 Å². The fourth-order valence-electron chi connectivity index (χ4n) is 5.75. The molecule has 0 bridgehead atoms. The summed E-state index contributed by atoms with van der Waals surface area (Å²) < 4.78 is 45.8. The lowest BCUT2D eigenvalue weighted by Crippen LogP contribution is -2.43. The largest absolute Gasteiger partial charge is 0.756 e. The Hall–Kier alpha value is -4.33. The van der Waals surface area contributed by atoms with Crippen molar-refractivity contribution in [1.29, 1.82) is 0 Å². The number of aromatic nitrogens is 8. The lowest BCUT2D eigenvalue weighted by Gasteiger charge is -2.32. The van der Waals surface area contributed by atoms with Crippen molar-refractivity contribution in [2.75, 3.05) is 18.9 Å². The zero-order valence-corrected chi connectivity index (χ0v) is 29.6. The predicted octanol–water partition coefficient (Wildman–Crippen LogP) is -4.19. The number of imidazole rings is 1. The van der Waals surface area contributed by atoms with Gasteiger partial charge in [0, 0.05) is 11.0 Å². The molecule has 1 aromatic carbocycles. The molecule has 292 valence electrons. The summed E-state index contributed by atoms with van der Waals surface area (Å²) in [6.07, 6.45) is -10.5.